The minimum Gasteiger partial charge on any atom is -0.479 e. The second-order valence-electron chi connectivity index (χ2n) is 7.16. The van der Waals surface area contributed by atoms with Gasteiger partial charge in [-0.1, -0.05) is 41.9 Å². The molecule has 0 radical (unpaired) electrons. The third kappa shape index (κ3) is 4.38. The number of ether oxygens (including phenoxy) is 1. The Hall–Kier alpha value is -3.03. The highest BCUT2D eigenvalue weighted by molar-refractivity contribution is 7.92. The summed E-state index contributed by atoms with van der Waals surface area (Å²) in [7, 11) is -3.68. The summed E-state index contributed by atoms with van der Waals surface area (Å²) in [5.41, 5.74) is 2.20. The lowest BCUT2D eigenvalue weighted by molar-refractivity contribution is -0.122. The number of anilines is 2. The summed E-state index contributed by atoms with van der Waals surface area (Å²) in [5.74, 6) is 0.0446. The van der Waals surface area contributed by atoms with E-state index in [2.05, 4.69) is 5.32 Å². The first kappa shape index (κ1) is 21.2. The van der Waals surface area contributed by atoms with Gasteiger partial charge in [0.05, 0.1) is 15.6 Å². The quantitative estimate of drug-likeness (QED) is 0.592. The minimum atomic E-state index is -3.68. The van der Waals surface area contributed by atoms with Gasteiger partial charge in [-0.15, -0.1) is 0 Å². The predicted molar refractivity (Wildman–Crippen MR) is 121 cm³/mol. The molecule has 0 aromatic heterocycles. The molecule has 160 valence electrons. The van der Waals surface area contributed by atoms with E-state index in [9.17, 15) is 13.2 Å². The maximum atomic E-state index is 13.1. The van der Waals surface area contributed by atoms with Crippen molar-refractivity contribution in [3.8, 4) is 5.75 Å². The lowest BCUT2D eigenvalue weighted by Crippen LogP contribution is -2.30. The monoisotopic (exact) mass is 456 g/mol. The SMILES string of the molecule is C[C@@H](Oc1ccccc1Cl)C(=O)Nc1ccc(S(=O)(=O)N2CCc3ccccc32)cc1. The number of fused-ring (bicyclic) bond motifs is 1. The van der Waals surface area contributed by atoms with Crippen LogP contribution < -0.4 is 14.4 Å². The van der Waals surface area contributed by atoms with Crippen LogP contribution in [-0.2, 0) is 21.2 Å². The minimum absolute atomic E-state index is 0.169. The zero-order valence-corrected chi connectivity index (χ0v) is 18.4. The van der Waals surface area contributed by atoms with Gasteiger partial charge in [0.25, 0.3) is 15.9 Å². The van der Waals surface area contributed by atoms with Gasteiger partial charge in [-0.05, 0) is 61.4 Å². The average molecular weight is 457 g/mol. The molecule has 1 amide bonds. The second kappa shape index (κ2) is 8.61. The molecule has 0 spiro atoms. The van der Waals surface area contributed by atoms with Crippen LogP contribution in [0.15, 0.2) is 77.7 Å². The Bertz CT molecular complexity index is 1210. The zero-order chi connectivity index (χ0) is 22.0. The van der Waals surface area contributed by atoms with Crippen LogP contribution in [-0.4, -0.2) is 27.0 Å². The Morgan fingerprint density at radius 2 is 1.71 bits per heavy atom. The highest BCUT2D eigenvalue weighted by Gasteiger charge is 2.30. The van der Waals surface area contributed by atoms with E-state index in [1.165, 1.54) is 16.4 Å². The largest absolute Gasteiger partial charge is 0.479 e. The first-order valence-corrected chi connectivity index (χ1v) is 11.6. The smallest absolute Gasteiger partial charge is 0.265 e. The van der Waals surface area contributed by atoms with Gasteiger partial charge >= 0.3 is 0 Å². The molecule has 8 heteroatoms. The summed E-state index contributed by atoms with van der Waals surface area (Å²) in [6, 6.07) is 20.5. The summed E-state index contributed by atoms with van der Waals surface area (Å²) in [4.78, 5) is 12.6. The normalized spacial score (nSPS) is 14.1. The number of carbonyl (C=O) groups is 1. The van der Waals surface area contributed by atoms with E-state index in [1.807, 2.05) is 24.3 Å². The third-order valence-electron chi connectivity index (χ3n) is 5.06. The van der Waals surface area contributed by atoms with Gasteiger partial charge in [0.2, 0.25) is 0 Å². The van der Waals surface area contributed by atoms with Crippen molar-refractivity contribution in [2.45, 2.75) is 24.3 Å². The molecular weight excluding hydrogens is 436 g/mol. The number of halogens is 1. The van der Waals surface area contributed by atoms with E-state index in [-0.39, 0.29) is 10.8 Å². The van der Waals surface area contributed by atoms with Crippen LogP contribution in [0.5, 0.6) is 5.75 Å². The van der Waals surface area contributed by atoms with Crippen LogP contribution in [0.2, 0.25) is 5.02 Å². The summed E-state index contributed by atoms with van der Waals surface area (Å²) in [6.45, 7) is 2.03. The van der Waals surface area contributed by atoms with Crippen LogP contribution in [0.25, 0.3) is 0 Å². The lowest BCUT2D eigenvalue weighted by Gasteiger charge is -2.20. The number of nitrogens with one attached hydrogen (secondary N) is 1. The molecule has 1 N–H and O–H groups in total. The fourth-order valence-corrected chi connectivity index (χ4v) is 5.11. The molecule has 1 aliphatic heterocycles. The molecule has 0 bridgehead atoms. The van der Waals surface area contributed by atoms with Gasteiger partial charge in [0.1, 0.15) is 5.75 Å². The van der Waals surface area contributed by atoms with Crippen molar-refractivity contribution in [2.75, 3.05) is 16.2 Å². The van der Waals surface area contributed by atoms with E-state index >= 15 is 0 Å². The molecule has 0 unspecified atom stereocenters. The highest BCUT2D eigenvalue weighted by atomic mass is 35.5. The van der Waals surface area contributed by atoms with Crippen molar-refractivity contribution in [3.05, 3.63) is 83.4 Å². The third-order valence-corrected chi connectivity index (χ3v) is 7.20. The molecule has 1 atom stereocenters. The van der Waals surface area contributed by atoms with E-state index in [1.54, 1.807) is 43.3 Å². The molecule has 0 saturated heterocycles. The molecule has 1 aliphatic rings. The van der Waals surface area contributed by atoms with Crippen LogP contribution in [0.4, 0.5) is 11.4 Å². The molecule has 0 aliphatic carbocycles. The average Bonchev–Trinajstić information content (AvgIpc) is 3.21. The van der Waals surface area contributed by atoms with Crippen molar-refractivity contribution in [2.24, 2.45) is 0 Å². The molecule has 6 nitrogen and oxygen atoms in total. The van der Waals surface area contributed by atoms with E-state index in [4.69, 9.17) is 16.3 Å². The Labute approximate surface area is 186 Å². The first-order chi connectivity index (χ1) is 14.9. The van der Waals surface area contributed by atoms with Crippen molar-refractivity contribution in [1.82, 2.24) is 0 Å². The number of para-hydroxylation sites is 2. The van der Waals surface area contributed by atoms with Crippen LogP contribution in [0.1, 0.15) is 12.5 Å². The number of hydrogen-bond acceptors (Lipinski definition) is 4. The van der Waals surface area contributed by atoms with Gasteiger partial charge in [0.15, 0.2) is 6.10 Å². The molecule has 1 heterocycles. The van der Waals surface area contributed by atoms with Crippen molar-refractivity contribution >= 4 is 38.9 Å². The fourth-order valence-electron chi connectivity index (χ4n) is 3.42. The molecular formula is C23H21ClN2O4S. The van der Waals surface area contributed by atoms with Crippen molar-refractivity contribution in [1.29, 1.82) is 0 Å². The highest BCUT2D eigenvalue weighted by Crippen LogP contribution is 2.33. The number of carbonyl (C=O) groups excluding carboxylic acids is 1. The van der Waals surface area contributed by atoms with Crippen molar-refractivity contribution < 1.29 is 17.9 Å². The first-order valence-electron chi connectivity index (χ1n) is 9.79. The maximum Gasteiger partial charge on any atom is 0.265 e. The van der Waals surface area contributed by atoms with E-state index in [0.717, 1.165) is 5.56 Å². The topological polar surface area (TPSA) is 75.7 Å². The number of benzene rings is 3. The number of nitrogens with zero attached hydrogens (tertiary/aromatic N) is 1. The van der Waals surface area contributed by atoms with Crippen LogP contribution in [0.3, 0.4) is 0 Å². The molecule has 4 rings (SSSR count). The number of hydrogen-bond donors (Lipinski definition) is 1. The van der Waals surface area contributed by atoms with Gasteiger partial charge in [-0.25, -0.2) is 8.42 Å². The summed E-state index contributed by atoms with van der Waals surface area (Å²) in [6.07, 6.45) is -0.100. The standard InChI is InChI=1S/C23H21ClN2O4S/c1-16(30-22-9-5-3-7-20(22)24)23(27)25-18-10-12-19(13-11-18)31(28,29)26-15-14-17-6-2-4-8-21(17)26/h2-13,16H,14-15H2,1H3,(H,25,27)/t16-/m1/s1. The Morgan fingerprint density at radius 1 is 1.03 bits per heavy atom. The maximum absolute atomic E-state index is 13.1. The Kier molecular flexibility index (Phi) is 5.89. The molecule has 0 saturated carbocycles. The van der Waals surface area contributed by atoms with E-state index < -0.39 is 16.1 Å². The number of rotatable bonds is 6. The molecule has 31 heavy (non-hydrogen) atoms. The van der Waals surface area contributed by atoms with Gasteiger partial charge < -0.3 is 10.1 Å². The number of sulfonamides is 1. The van der Waals surface area contributed by atoms with Crippen LogP contribution in [0, 0.1) is 0 Å². The van der Waals surface area contributed by atoms with Gasteiger partial charge in [-0.2, -0.15) is 0 Å². The summed E-state index contributed by atoms with van der Waals surface area (Å²) >= 11 is 6.06. The lowest BCUT2D eigenvalue weighted by atomic mass is 10.2. The van der Waals surface area contributed by atoms with Crippen molar-refractivity contribution in [3.63, 3.8) is 0 Å². The number of amides is 1. The molecule has 3 aromatic rings. The van der Waals surface area contributed by atoms with Gasteiger partial charge in [0, 0.05) is 12.2 Å². The predicted octanol–water partition coefficient (Wildman–Crippen LogP) is 4.50. The van der Waals surface area contributed by atoms with Crippen LogP contribution >= 0.6 is 11.6 Å². The molecule has 0 fully saturated rings. The molecule has 3 aromatic carbocycles. The van der Waals surface area contributed by atoms with E-state index in [0.29, 0.717) is 35.1 Å². The summed E-state index contributed by atoms with van der Waals surface area (Å²) < 4.78 is 33.2. The zero-order valence-electron chi connectivity index (χ0n) is 16.8. The second-order valence-corrected chi connectivity index (χ2v) is 9.43. The van der Waals surface area contributed by atoms with Gasteiger partial charge in [-0.3, -0.25) is 9.10 Å². The fraction of sp³-hybridized carbons (Fsp3) is 0.174. The Balaban J connectivity index is 1.45. The summed E-state index contributed by atoms with van der Waals surface area (Å²) in [5, 5.41) is 3.15. The Morgan fingerprint density at radius 3 is 2.45 bits per heavy atom.